The molecule has 0 aromatic heterocycles. The number of rotatable bonds is 4. The first-order valence-electron chi connectivity index (χ1n) is 7.89. The standard InChI is InChI=1S/C21H18N2OS/c1-15(23-19-7-3-5-9-21(19)25)16-10-12-18(13-11-16)22-14-17-6-2-4-8-20(17)24/h2-14,24-25H,1H3. The lowest BCUT2D eigenvalue weighted by Crippen LogP contribution is -1.93. The van der Waals surface area contributed by atoms with Gasteiger partial charge in [-0.1, -0.05) is 36.4 Å². The summed E-state index contributed by atoms with van der Waals surface area (Å²) in [6, 6.07) is 22.7. The Hall–Kier alpha value is -2.85. The molecule has 0 heterocycles. The van der Waals surface area contributed by atoms with Gasteiger partial charge in [0.05, 0.1) is 11.4 Å². The van der Waals surface area contributed by atoms with E-state index in [4.69, 9.17) is 0 Å². The minimum atomic E-state index is 0.219. The van der Waals surface area contributed by atoms with Crippen molar-refractivity contribution in [3.63, 3.8) is 0 Å². The average Bonchev–Trinajstić information content (AvgIpc) is 2.63. The van der Waals surface area contributed by atoms with E-state index in [0.29, 0.717) is 5.56 Å². The lowest BCUT2D eigenvalue weighted by Gasteiger charge is -2.04. The van der Waals surface area contributed by atoms with E-state index in [-0.39, 0.29) is 5.75 Å². The molecule has 3 aromatic rings. The van der Waals surface area contributed by atoms with Crippen molar-refractivity contribution < 1.29 is 5.11 Å². The van der Waals surface area contributed by atoms with Crippen LogP contribution >= 0.6 is 12.6 Å². The molecule has 0 aliphatic rings. The highest BCUT2D eigenvalue weighted by Crippen LogP contribution is 2.23. The van der Waals surface area contributed by atoms with E-state index >= 15 is 0 Å². The summed E-state index contributed by atoms with van der Waals surface area (Å²) >= 11 is 4.43. The zero-order valence-electron chi connectivity index (χ0n) is 13.8. The van der Waals surface area contributed by atoms with Gasteiger partial charge in [0.15, 0.2) is 0 Å². The first-order valence-corrected chi connectivity index (χ1v) is 8.34. The van der Waals surface area contributed by atoms with Crippen molar-refractivity contribution in [1.82, 2.24) is 0 Å². The Morgan fingerprint density at radius 3 is 2.32 bits per heavy atom. The molecule has 0 aliphatic carbocycles. The summed E-state index contributed by atoms with van der Waals surface area (Å²) < 4.78 is 0. The molecule has 0 saturated heterocycles. The monoisotopic (exact) mass is 346 g/mol. The first kappa shape index (κ1) is 17.0. The number of phenolic OH excluding ortho intramolecular Hbond substituents is 1. The number of hydrogen-bond acceptors (Lipinski definition) is 4. The number of aliphatic imine (C=N–C) groups is 2. The fraction of sp³-hybridized carbons (Fsp3) is 0.0476. The van der Waals surface area contributed by atoms with E-state index < -0.39 is 0 Å². The number of phenols is 1. The predicted molar refractivity (Wildman–Crippen MR) is 107 cm³/mol. The average molecular weight is 346 g/mol. The van der Waals surface area contributed by atoms with Gasteiger partial charge in [-0.25, -0.2) is 0 Å². The molecule has 0 fully saturated rings. The summed E-state index contributed by atoms with van der Waals surface area (Å²) in [5.41, 5.74) is 4.30. The van der Waals surface area contributed by atoms with Crippen molar-refractivity contribution in [1.29, 1.82) is 0 Å². The van der Waals surface area contributed by atoms with Gasteiger partial charge in [-0.05, 0) is 48.9 Å². The van der Waals surface area contributed by atoms with Crippen molar-refractivity contribution in [3.05, 3.63) is 83.9 Å². The van der Waals surface area contributed by atoms with Crippen LogP contribution in [0, 0.1) is 0 Å². The molecule has 3 aromatic carbocycles. The minimum Gasteiger partial charge on any atom is -0.507 e. The molecule has 3 rings (SSSR count). The van der Waals surface area contributed by atoms with Crippen molar-refractivity contribution in [2.45, 2.75) is 11.8 Å². The molecule has 0 bridgehead atoms. The third kappa shape index (κ3) is 4.37. The number of benzene rings is 3. The molecule has 25 heavy (non-hydrogen) atoms. The van der Waals surface area contributed by atoms with Crippen LogP contribution in [0.3, 0.4) is 0 Å². The lowest BCUT2D eigenvalue weighted by molar-refractivity contribution is 0.474. The lowest BCUT2D eigenvalue weighted by atomic mass is 10.1. The molecule has 0 unspecified atom stereocenters. The van der Waals surface area contributed by atoms with E-state index in [2.05, 4.69) is 22.6 Å². The van der Waals surface area contributed by atoms with E-state index in [9.17, 15) is 5.11 Å². The van der Waals surface area contributed by atoms with Crippen LogP contribution < -0.4 is 0 Å². The third-order valence-electron chi connectivity index (χ3n) is 3.74. The Balaban J connectivity index is 1.78. The van der Waals surface area contributed by atoms with Gasteiger partial charge in [0, 0.05) is 22.4 Å². The van der Waals surface area contributed by atoms with Crippen LogP contribution in [0.4, 0.5) is 11.4 Å². The van der Waals surface area contributed by atoms with E-state index in [1.54, 1.807) is 18.3 Å². The molecule has 0 radical (unpaired) electrons. The number of thiol groups is 1. The van der Waals surface area contributed by atoms with Crippen LogP contribution in [0.5, 0.6) is 5.75 Å². The van der Waals surface area contributed by atoms with Crippen LogP contribution in [0.25, 0.3) is 0 Å². The first-order chi connectivity index (χ1) is 12.1. The predicted octanol–water partition coefficient (Wildman–Crippen LogP) is 5.57. The molecular formula is C21H18N2OS. The van der Waals surface area contributed by atoms with Gasteiger partial charge in [-0.15, -0.1) is 12.6 Å². The highest BCUT2D eigenvalue weighted by Gasteiger charge is 2.01. The molecule has 124 valence electrons. The summed E-state index contributed by atoms with van der Waals surface area (Å²) in [5.74, 6) is 0.219. The van der Waals surface area contributed by atoms with Gasteiger partial charge in [0.25, 0.3) is 0 Å². The van der Waals surface area contributed by atoms with Crippen LogP contribution in [0.2, 0.25) is 0 Å². The Bertz CT molecular complexity index is 931. The van der Waals surface area contributed by atoms with Crippen LogP contribution in [0.1, 0.15) is 18.1 Å². The molecular weight excluding hydrogens is 328 g/mol. The van der Waals surface area contributed by atoms with Crippen molar-refractivity contribution in [3.8, 4) is 5.75 Å². The van der Waals surface area contributed by atoms with Crippen LogP contribution in [0.15, 0.2) is 87.7 Å². The Labute approximate surface area is 152 Å². The Morgan fingerprint density at radius 2 is 1.60 bits per heavy atom. The van der Waals surface area contributed by atoms with E-state index in [1.807, 2.05) is 67.6 Å². The van der Waals surface area contributed by atoms with Gasteiger partial charge in [0.2, 0.25) is 0 Å². The SMILES string of the molecule is CC(=Nc1ccccc1S)c1ccc(N=Cc2ccccc2O)cc1. The van der Waals surface area contributed by atoms with Gasteiger partial charge in [-0.3, -0.25) is 9.98 Å². The summed E-state index contributed by atoms with van der Waals surface area (Å²) in [4.78, 5) is 9.88. The quantitative estimate of drug-likeness (QED) is 0.470. The van der Waals surface area contributed by atoms with E-state index in [1.165, 1.54) is 0 Å². The fourth-order valence-electron chi connectivity index (χ4n) is 2.33. The summed E-state index contributed by atoms with van der Waals surface area (Å²) in [6.45, 7) is 1.97. The largest absolute Gasteiger partial charge is 0.507 e. The second kappa shape index (κ2) is 7.81. The van der Waals surface area contributed by atoms with E-state index in [0.717, 1.165) is 27.5 Å². The van der Waals surface area contributed by atoms with Crippen LogP contribution in [-0.2, 0) is 0 Å². The third-order valence-corrected chi connectivity index (χ3v) is 4.12. The molecule has 0 spiro atoms. The normalized spacial score (nSPS) is 11.8. The van der Waals surface area contributed by atoms with Crippen molar-refractivity contribution in [2.75, 3.05) is 0 Å². The highest BCUT2D eigenvalue weighted by molar-refractivity contribution is 7.80. The van der Waals surface area contributed by atoms with Gasteiger partial charge < -0.3 is 5.11 Å². The number of nitrogens with zero attached hydrogens (tertiary/aromatic N) is 2. The van der Waals surface area contributed by atoms with Gasteiger partial charge in [-0.2, -0.15) is 0 Å². The van der Waals surface area contributed by atoms with Gasteiger partial charge >= 0.3 is 0 Å². The zero-order valence-corrected chi connectivity index (χ0v) is 14.7. The molecule has 0 amide bonds. The molecule has 0 aliphatic heterocycles. The maximum absolute atomic E-state index is 9.75. The molecule has 4 heteroatoms. The summed E-state index contributed by atoms with van der Waals surface area (Å²) in [7, 11) is 0. The Kier molecular flexibility index (Phi) is 5.31. The molecule has 0 saturated carbocycles. The smallest absolute Gasteiger partial charge is 0.124 e. The number of hydrogen-bond donors (Lipinski definition) is 2. The summed E-state index contributed by atoms with van der Waals surface area (Å²) in [6.07, 6.45) is 1.66. The van der Waals surface area contributed by atoms with Crippen molar-refractivity contribution >= 4 is 35.9 Å². The maximum atomic E-state index is 9.75. The second-order valence-corrected chi connectivity index (χ2v) is 6.03. The molecule has 1 N–H and O–H groups in total. The Morgan fingerprint density at radius 1 is 0.920 bits per heavy atom. The zero-order chi connectivity index (χ0) is 17.6. The van der Waals surface area contributed by atoms with Crippen molar-refractivity contribution in [2.24, 2.45) is 9.98 Å². The van der Waals surface area contributed by atoms with Gasteiger partial charge in [0.1, 0.15) is 5.75 Å². The van der Waals surface area contributed by atoms with Crippen LogP contribution in [-0.4, -0.2) is 17.0 Å². The molecule has 3 nitrogen and oxygen atoms in total. The highest BCUT2D eigenvalue weighted by atomic mass is 32.1. The molecule has 0 atom stereocenters. The maximum Gasteiger partial charge on any atom is 0.124 e. The second-order valence-electron chi connectivity index (χ2n) is 5.55. The topological polar surface area (TPSA) is 45.0 Å². The number of aromatic hydroxyl groups is 1. The summed E-state index contributed by atoms with van der Waals surface area (Å²) in [5, 5.41) is 9.75. The number of para-hydroxylation sites is 2. The minimum absolute atomic E-state index is 0.219. The fourth-order valence-corrected chi connectivity index (χ4v) is 2.54.